The minimum atomic E-state index is -0.388. The third-order valence-corrected chi connectivity index (χ3v) is 5.43. The van der Waals surface area contributed by atoms with Crippen molar-refractivity contribution in [1.82, 2.24) is 9.97 Å². The fourth-order valence-electron chi connectivity index (χ4n) is 3.87. The van der Waals surface area contributed by atoms with Crippen molar-refractivity contribution in [3.63, 3.8) is 0 Å². The molecule has 0 saturated heterocycles. The smallest absolute Gasteiger partial charge is 0.161 e. The van der Waals surface area contributed by atoms with E-state index in [-0.39, 0.29) is 11.8 Å². The van der Waals surface area contributed by atoms with Crippen molar-refractivity contribution in [2.45, 2.75) is 33.7 Å². The van der Waals surface area contributed by atoms with Gasteiger partial charge in [0.1, 0.15) is 17.1 Å². The molecular weight excluding hydrogens is 414 g/mol. The minimum Gasteiger partial charge on any atom is -0.505 e. The SMILES string of the molecule is CCOc1ccc([C@H](Nc2cc(C)ccn2)c2ccc3ccc(C)nc3c2O)cc1OCC. The molecular formula is C27H29N3O3. The van der Waals surface area contributed by atoms with Gasteiger partial charge in [0, 0.05) is 22.8 Å². The highest BCUT2D eigenvalue weighted by Gasteiger charge is 2.22. The lowest BCUT2D eigenvalue weighted by Gasteiger charge is -2.23. The molecule has 4 aromatic rings. The number of anilines is 1. The molecule has 0 aliphatic carbocycles. The summed E-state index contributed by atoms with van der Waals surface area (Å²) >= 11 is 0. The van der Waals surface area contributed by atoms with E-state index in [1.54, 1.807) is 6.20 Å². The Hall–Kier alpha value is -3.80. The number of benzene rings is 2. The number of phenolic OH excluding ortho intramolecular Hbond substituents is 1. The normalized spacial score (nSPS) is 11.9. The average Bonchev–Trinajstić information content (AvgIpc) is 2.80. The summed E-state index contributed by atoms with van der Waals surface area (Å²) < 4.78 is 11.6. The van der Waals surface area contributed by atoms with E-state index >= 15 is 0 Å². The Labute approximate surface area is 194 Å². The maximum absolute atomic E-state index is 11.3. The second kappa shape index (κ2) is 9.77. The first kappa shape index (κ1) is 22.4. The quantitative estimate of drug-likeness (QED) is 0.350. The molecule has 0 radical (unpaired) electrons. The van der Waals surface area contributed by atoms with E-state index in [1.165, 1.54) is 0 Å². The van der Waals surface area contributed by atoms with Crippen LogP contribution in [0, 0.1) is 13.8 Å². The zero-order valence-electron chi connectivity index (χ0n) is 19.4. The number of ether oxygens (including phenoxy) is 2. The summed E-state index contributed by atoms with van der Waals surface area (Å²) in [5, 5.41) is 15.7. The standard InChI is InChI=1S/C27H29N3O3/c1-5-32-22-12-10-20(16-23(22)33-6-2)25(30-24-15-17(3)13-14-28-24)21-11-9-19-8-7-18(4)29-26(19)27(21)31/h7-16,25,31H,5-6H2,1-4H3,(H,28,30)/t25-/m0/s1. The fourth-order valence-corrected chi connectivity index (χ4v) is 3.87. The second-order valence-electron chi connectivity index (χ2n) is 7.90. The number of aromatic nitrogens is 2. The lowest BCUT2D eigenvalue weighted by atomic mass is 9.95. The summed E-state index contributed by atoms with van der Waals surface area (Å²) in [7, 11) is 0. The predicted octanol–water partition coefficient (Wildman–Crippen LogP) is 5.95. The Morgan fingerprint density at radius 3 is 2.42 bits per heavy atom. The number of phenols is 1. The van der Waals surface area contributed by atoms with Crippen molar-refractivity contribution in [2.75, 3.05) is 18.5 Å². The molecule has 1 atom stereocenters. The van der Waals surface area contributed by atoms with E-state index in [0.717, 1.165) is 22.2 Å². The van der Waals surface area contributed by atoms with Gasteiger partial charge in [0.05, 0.1) is 19.3 Å². The number of aromatic hydroxyl groups is 1. The fraction of sp³-hybridized carbons (Fsp3) is 0.259. The van der Waals surface area contributed by atoms with Crippen molar-refractivity contribution in [2.24, 2.45) is 0 Å². The van der Waals surface area contributed by atoms with E-state index in [1.807, 2.05) is 82.3 Å². The highest BCUT2D eigenvalue weighted by atomic mass is 16.5. The molecule has 0 aliphatic rings. The Bertz CT molecular complexity index is 1270. The molecule has 2 aromatic carbocycles. The Morgan fingerprint density at radius 2 is 1.67 bits per heavy atom. The molecule has 0 amide bonds. The summed E-state index contributed by atoms with van der Waals surface area (Å²) in [6.07, 6.45) is 1.77. The van der Waals surface area contributed by atoms with Gasteiger partial charge in [-0.2, -0.15) is 0 Å². The number of fused-ring (bicyclic) bond motifs is 1. The van der Waals surface area contributed by atoms with Gasteiger partial charge in [-0.1, -0.05) is 24.3 Å². The molecule has 2 heterocycles. The van der Waals surface area contributed by atoms with Crippen LogP contribution in [0.25, 0.3) is 10.9 Å². The van der Waals surface area contributed by atoms with Gasteiger partial charge in [-0.05, 0) is 69.2 Å². The number of pyridine rings is 2. The third-order valence-electron chi connectivity index (χ3n) is 5.43. The molecule has 0 spiro atoms. The largest absolute Gasteiger partial charge is 0.505 e. The molecule has 2 aromatic heterocycles. The number of hydrogen-bond acceptors (Lipinski definition) is 6. The lowest BCUT2D eigenvalue weighted by Crippen LogP contribution is -2.14. The molecule has 0 bridgehead atoms. The molecule has 33 heavy (non-hydrogen) atoms. The van der Waals surface area contributed by atoms with Gasteiger partial charge in [-0.25, -0.2) is 9.97 Å². The zero-order valence-corrected chi connectivity index (χ0v) is 19.4. The predicted molar refractivity (Wildman–Crippen MR) is 131 cm³/mol. The van der Waals surface area contributed by atoms with Crippen molar-refractivity contribution in [3.8, 4) is 17.2 Å². The van der Waals surface area contributed by atoms with Crippen molar-refractivity contribution in [1.29, 1.82) is 0 Å². The van der Waals surface area contributed by atoms with Crippen LogP contribution in [0.2, 0.25) is 0 Å². The number of aryl methyl sites for hydroxylation is 2. The number of hydrogen-bond donors (Lipinski definition) is 2. The summed E-state index contributed by atoms with van der Waals surface area (Å²) in [5.41, 5.74) is 4.13. The van der Waals surface area contributed by atoms with Gasteiger partial charge in [-0.3, -0.25) is 0 Å². The molecule has 4 rings (SSSR count). The number of nitrogens with zero attached hydrogens (tertiary/aromatic N) is 2. The highest BCUT2D eigenvalue weighted by molar-refractivity contribution is 5.86. The van der Waals surface area contributed by atoms with Crippen LogP contribution < -0.4 is 14.8 Å². The third kappa shape index (κ3) is 4.85. The van der Waals surface area contributed by atoms with Crippen LogP contribution in [0.4, 0.5) is 5.82 Å². The molecule has 0 saturated carbocycles. The Morgan fingerprint density at radius 1 is 0.909 bits per heavy atom. The molecule has 170 valence electrons. The lowest BCUT2D eigenvalue weighted by molar-refractivity contribution is 0.287. The maximum Gasteiger partial charge on any atom is 0.161 e. The van der Waals surface area contributed by atoms with Crippen molar-refractivity contribution >= 4 is 16.7 Å². The summed E-state index contributed by atoms with van der Waals surface area (Å²) in [5.74, 6) is 2.21. The van der Waals surface area contributed by atoms with Crippen LogP contribution in [0.5, 0.6) is 17.2 Å². The average molecular weight is 444 g/mol. The monoisotopic (exact) mass is 443 g/mol. The first-order valence-corrected chi connectivity index (χ1v) is 11.2. The van der Waals surface area contributed by atoms with Crippen LogP contribution in [0.15, 0.2) is 60.8 Å². The van der Waals surface area contributed by atoms with Gasteiger partial charge >= 0.3 is 0 Å². The van der Waals surface area contributed by atoms with Gasteiger partial charge in [0.2, 0.25) is 0 Å². The van der Waals surface area contributed by atoms with Crippen molar-refractivity contribution in [3.05, 3.63) is 83.2 Å². The van der Waals surface area contributed by atoms with Crippen LogP contribution in [0.1, 0.15) is 42.3 Å². The Kier molecular flexibility index (Phi) is 6.63. The van der Waals surface area contributed by atoms with Crippen LogP contribution in [0.3, 0.4) is 0 Å². The summed E-state index contributed by atoms with van der Waals surface area (Å²) in [6, 6.07) is 17.2. The van der Waals surface area contributed by atoms with Crippen molar-refractivity contribution < 1.29 is 14.6 Å². The second-order valence-corrected chi connectivity index (χ2v) is 7.90. The van der Waals surface area contributed by atoms with Crippen LogP contribution in [-0.4, -0.2) is 28.3 Å². The summed E-state index contributed by atoms with van der Waals surface area (Å²) in [4.78, 5) is 9.06. The number of rotatable bonds is 8. The molecule has 2 N–H and O–H groups in total. The van der Waals surface area contributed by atoms with E-state index in [4.69, 9.17) is 9.47 Å². The van der Waals surface area contributed by atoms with Gasteiger partial charge in [0.25, 0.3) is 0 Å². The molecule has 6 nitrogen and oxygen atoms in total. The highest BCUT2D eigenvalue weighted by Crippen LogP contribution is 2.39. The first-order valence-electron chi connectivity index (χ1n) is 11.2. The molecule has 0 aliphatic heterocycles. The van der Waals surface area contributed by atoms with E-state index in [9.17, 15) is 5.11 Å². The topological polar surface area (TPSA) is 76.5 Å². The van der Waals surface area contributed by atoms with Gasteiger partial charge in [0.15, 0.2) is 11.5 Å². The van der Waals surface area contributed by atoms with E-state index < -0.39 is 0 Å². The van der Waals surface area contributed by atoms with Gasteiger partial charge in [-0.15, -0.1) is 0 Å². The van der Waals surface area contributed by atoms with Gasteiger partial charge < -0.3 is 19.9 Å². The van der Waals surface area contributed by atoms with Crippen LogP contribution in [-0.2, 0) is 0 Å². The van der Waals surface area contributed by atoms with Crippen LogP contribution >= 0.6 is 0 Å². The molecule has 6 heteroatoms. The molecule has 0 fully saturated rings. The Balaban J connectivity index is 1.87. The van der Waals surface area contributed by atoms with E-state index in [2.05, 4.69) is 15.3 Å². The first-order chi connectivity index (χ1) is 16.0. The number of nitrogens with one attached hydrogen (secondary N) is 1. The van der Waals surface area contributed by atoms with E-state index in [0.29, 0.717) is 41.6 Å². The maximum atomic E-state index is 11.3. The zero-order chi connectivity index (χ0) is 23.4. The minimum absolute atomic E-state index is 0.146. The summed E-state index contributed by atoms with van der Waals surface area (Å²) in [6.45, 7) is 8.89. The molecule has 0 unspecified atom stereocenters.